The summed E-state index contributed by atoms with van der Waals surface area (Å²) in [6.45, 7) is 13.0. The van der Waals surface area contributed by atoms with Crippen molar-refractivity contribution in [3.8, 4) is 0 Å². The lowest BCUT2D eigenvalue weighted by atomic mass is 9.96. The first kappa shape index (κ1) is 15.4. The molecule has 0 radical (unpaired) electrons. The van der Waals surface area contributed by atoms with Gasteiger partial charge in [0.2, 0.25) is 0 Å². The van der Waals surface area contributed by atoms with Crippen LogP contribution in [0.5, 0.6) is 0 Å². The van der Waals surface area contributed by atoms with Gasteiger partial charge in [0.1, 0.15) is 17.5 Å². The van der Waals surface area contributed by atoms with Gasteiger partial charge in [0.25, 0.3) is 0 Å². The van der Waals surface area contributed by atoms with E-state index >= 15 is 0 Å². The summed E-state index contributed by atoms with van der Waals surface area (Å²) in [7, 11) is 0. The minimum absolute atomic E-state index is 0.0794. The molecule has 1 fully saturated rings. The van der Waals surface area contributed by atoms with E-state index in [1.807, 2.05) is 17.8 Å². The Bertz CT molecular complexity index is 479. The minimum Gasteiger partial charge on any atom is -0.384 e. The van der Waals surface area contributed by atoms with E-state index in [1.165, 1.54) is 0 Å². The standard InChI is InChI=1S/C15H26N4S/c1-14(2,3)13-17-11(16)10-12(18-13)19-7-6-15(4,5)20-9-8-19/h10H,6-9H2,1-5H3,(H2,16,17,18). The van der Waals surface area contributed by atoms with Gasteiger partial charge in [-0.1, -0.05) is 34.6 Å². The van der Waals surface area contributed by atoms with E-state index in [0.29, 0.717) is 10.6 Å². The second-order valence-electron chi connectivity index (χ2n) is 7.07. The van der Waals surface area contributed by atoms with Crippen LogP contribution in [0.1, 0.15) is 46.9 Å². The zero-order valence-corrected chi connectivity index (χ0v) is 14.0. The SMILES string of the molecule is CC1(C)CCN(c2cc(N)nc(C(C)(C)C)n2)CCS1. The molecule has 0 unspecified atom stereocenters. The molecular formula is C15H26N4S. The smallest absolute Gasteiger partial charge is 0.138 e. The summed E-state index contributed by atoms with van der Waals surface area (Å²) in [6.07, 6.45) is 1.16. The van der Waals surface area contributed by atoms with Gasteiger partial charge in [-0.05, 0) is 6.42 Å². The molecule has 1 aliphatic rings. The lowest BCUT2D eigenvalue weighted by molar-refractivity contribution is 0.544. The Balaban J connectivity index is 2.26. The third-order valence-corrected chi connectivity index (χ3v) is 4.94. The molecule has 0 saturated carbocycles. The molecule has 0 spiro atoms. The Hall–Kier alpha value is -0.970. The molecule has 2 N–H and O–H groups in total. The van der Waals surface area contributed by atoms with Crippen LogP contribution < -0.4 is 10.6 Å². The fourth-order valence-corrected chi connectivity index (χ4v) is 3.30. The van der Waals surface area contributed by atoms with Crippen LogP contribution >= 0.6 is 11.8 Å². The fraction of sp³-hybridized carbons (Fsp3) is 0.733. The quantitative estimate of drug-likeness (QED) is 0.862. The molecule has 0 atom stereocenters. The first-order valence-electron chi connectivity index (χ1n) is 7.21. The number of thioether (sulfide) groups is 1. The summed E-state index contributed by atoms with van der Waals surface area (Å²) >= 11 is 2.04. The fourth-order valence-electron chi connectivity index (χ4n) is 2.20. The third-order valence-electron chi connectivity index (χ3n) is 3.57. The molecular weight excluding hydrogens is 268 g/mol. The van der Waals surface area contributed by atoms with E-state index in [9.17, 15) is 0 Å². The first-order valence-corrected chi connectivity index (χ1v) is 8.20. The van der Waals surface area contributed by atoms with Crippen LogP contribution in [0.3, 0.4) is 0 Å². The van der Waals surface area contributed by atoms with Gasteiger partial charge in [-0.25, -0.2) is 9.97 Å². The van der Waals surface area contributed by atoms with Crippen molar-refractivity contribution >= 4 is 23.4 Å². The van der Waals surface area contributed by atoms with Crippen LogP contribution in [-0.4, -0.2) is 33.6 Å². The van der Waals surface area contributed by atoms with Gasteiger partial charge in [0.15, 0.2) is 0 Å². The number of aromatic nitrogens is 2. The van der Waals surface area contributed by atoms with E-state index in [2.05, 4.69) is 44.5 Å². The largest absolute Gasteiger partial charge is 0.384 e. The molecule has 0 aromatic carbocycles. The van der Waals surface area contributed by atoms with E-state index in [1.54, 1.807) is 0 Å². The minimum atomic E-state index is -0.0794. The van der Waals surface area contributed by atoms with Crippen molar-refractivity contribution in [2.45, 2.75) is 51.2 Å². The maximum absolute atomic E-state index is 5.97. The average Bonchev–Trinajstić information content (AvgIpc) is 2.48. The molecule has 0 aliphatic carbocycles. The predicted octanol–water partition coefficient (Wildman–Crippen LogP) is 3.08. The molecule has 4 nitrogen and oxygen atoms in total. The number of hydrogen-bond acceptors (Lipinski definition) is 5. The Morgan fingerprint density at radius 3 is 2.60 bits per heavy atom. The van der Waals surface area contributed by atoms with Crippen molar-refractivity contribution in [1.29, 1.82) is 0 Å². The van der Waals surface area contributed by atoms with Crippen LogP contribution in [-0.2, 0) is 5.41 Å². The third kappa shape index (κ3) is 3.78. The summed E-state index contributed by atoms with van der Waals surface area (Å²) in [5.41, 5.74) is 5.89. The summed E-state index contributed by atoms with van der Waals surface area (Å²) in [4.78, 5) is 11.5. The molecule has 1 aromatic rings. The first-order chi connectivity index (χ1) is 9.17. The summed E-state index contributed by atoms with van der Waals surface area (Å²) in [5, 5.41) is 0. The Kier molecular flexibility index (Phi) is 4.19. The number of nitrogens with two attached hydrogens (primary N) is 1. The zero-order valence-electron chi connectivity index (χ0n) is 13.2. The maximum atomic E-state index is 5.97. The molecule has 1 aliphatic heterocycles. The van der Waals surface area contributed by atoms with Crippen molar-refractivity contribution in [3.63, 3.8) is 0 Å². The molecule has 2 heterocycles. The molecule has 112 valence electrons. The van der Waals surface area contributed by atoms with Crippen LogP contribution in [0.2, 0.25) is 0 Å². The number of nitrogen functional groups attached to an aromatic ring is 1. The topological polar surface area (TPSA) is 55.0 Å². The van der Waals surface area contributed by atoms with Crippen molar-refractivity contribution in [1.82, 2.24) is 9.97 Å². The van der Waals surface area contributed by atoms with Crippen LogP contribution in [0.4, 0.5) is 11.6 Å². The van der Waals surface area contributed by atoms with Gasteiger partial charge in [0.05, 0.1) is 0 Å². The summed E-state index contributed by atoms with van der Waals surface area (Å²) < 4.78 is 0.347. The van der Waals surface area contributed by atoms with E-state index < -0.39 is 0 Å². The van der Waals surface area contributed by atoms with Crippen molar-refractivity contribution in [3.05, 3.63) is 11.9 Å². The van der Waals surface area contributed by atoms with Crippen LogP contribution in [0.15, 0.2) is 6.07 Å². The lowest BCUT2D eigenvalue weighted by Gasteiger charge is -2.25. The number of rotatable bonds is 1. The van der Waals surface area contributed by atoms with E-state index in [4.69, 9.17) is 10.7 Å². The molecule has 0 bridgehead atoms. The number of anilines is 2. The summed E-state index contributed by atoms with van der Waals surface area (Å²) in [5.74, 6) is 3.49. The van der Waals surface area contributed by atoms with Gasteiger partial charge in [-0.15, -0.1) is 0 Å². The second-order valence-corrected chi connectivity index (χ2v) is 8.87. The van der Waals surface area contributed by atoms with Crippen molar-refractivity contribution in [2.75, 3.05) is 29.5 Å². The van der Waals surface area contributed by atoms with Gasteiger partial charge >= 0.3 is 0 Å². The van der Waals surface area contributed by atoms with Crippen LogP contribution in [0, 0.1) is 0 Å². The highest BCUT2D eigenvalue weighted by Gasteiger charge is 2.25. The molecule has 0 amide bonds. The second kappa shape index (κ2) is 5.43. The molecule has 20 heavy (non-hydrogen) atoms. The molecule has 2 rings (SSSR count). The van der Waals surface area contributed by atoms with Crippen molar-refractivity contribution in [2.24, 2.45) is 0 Å². The van der Waals surface area contributed by atoms with Gasteiger partial charge < -0.3 is 10.6 Å². The van der Waals surface area contributed by atoms with Gasteiger partial charge in [0, 0.05) is 35.1 Å². The molecule has 1 saturated heterocycles. The Morgan fingerprint density at radius 1 is 1.25 bits per heavy atom. The van der Waals surface area contributed by atoms with Gasteiger partial charge in [-0.3, -0.25) is 0 Å². The predicted molar refractivity (Wildman–Crippen MR) is 88.5 cm³/mol. The number of hydrogen-bond donors (Lipinski definition) is 1. The van der Waals surface area contributed by atoms with Gasteiger partial charge in [-0.2, -0.15) is 11.8 Å². The zero-order chi connectivity index (χ0) is 15.0. The normalized spacial score (nSPS) is 19.8. The lowest BCUT2D eigenvalue weighted by Crippen LogP contribution is -2.29. The van der Waals surface area contributed by atoms with E-state index in [0.717, 1.165) is 36.9 Å². The summed E-state index contributed by atoms with van der Waals surface area (Å²) in [6, 6.07) is 1.90. The molecule has 1 aromatic heterocycles. The van der Waals surface area contributed by atoms with Crippen LogP contribution in [0.25, 0.3) is 0 Å². The highest BCUT2D eigenvalue weighted by atomic mass is 32.2. The Labute approximate surface area is 126 Å². The van der Waals surface area contributed by atoms with E-state index in [-0.39, 0.29) is 5.41 Å². The Morgan fingerprint density at radius 2 is 1.95 bits per heavy atom. The molecule has 5 heteroatoms. The van der Waals surface area contributed by atoms with Crippen molar-refractivity contribution < 1.29 is 0 Å². The highest BCUT2D eigenvalue weighted by Crippen LogP contribution is 2.32. The average molecular weight is 294 g/mol. The number of nitrogens with zero attached hydrogens (tertiary/aromatic N) is 3. The maximum Gasteiger partial charge on any atom is 0.138 e. The monoisotopic (exact) mass is 294 g/mol. The highest BCUT2D eigenvalue weighted by molar-refractivity contribution is 8.00.